The van der Waals surface area contributed by atoms with Gasteiger partial charge in [0, 0.05) is 20.8 Å². The predicted molar refractivity (Wildman–Crippen MR) is 78.8 cm³/mol. The van der Waals surface area contributed by atoms with Crippen LogP contribution in [0.5, 0.6) is 0 Å². The molecule has 2 aromatic rings. The van der Waals surface area contributed by atoms with Crippen LogP contribution in [0.25, 0.3) is 0 Å². The highest BCUT2D eigenvalue weighted by Crippen LogP contribution is 2.24. The Morgan fingerprint density at radius 2 is 1.89 bits per heavy atom. The number of hydrogen-bond donors (Lipinski definition) is 1. The summed E-state index contributed by atoms with van der Waals surface area (Å²) in [6.45, 7) is 1.94. The zero-order valence-corrected chi connectivity index (χ0v) is 12.7. The summed E-state index contributed by atoms with van der Waals surface area (Å²) in [7, 11) is 0. The number of aromatic nitrogens is 1. The van der Waals surface area contributed by atoms with E-state index < -0.39 is 0 Å². The predicted octanol–water partition coefficient (Wildman–Crippen LogP) is 4.17. The van der Waals surface area contributed by atoms with E-state index in [2.05, 4.69) is 42.2 Å². The molecule has 18 heavy (non-hydrogen) atoms. The van der Waals surface area contributed by atoms with E-state index in [1.54, 1.807) is 18.3 Å². The lowest BCUT2D eigenvalue weighted by Gasteiger charge is -2.09. The Bertz CT molecular complexity index is 599. The molecule has 1 amide bonds. The van der Waals surface area contributed by atoms with Gasteiger partial charge in [-0.3, -0.25) is 4.79 Å². The number of amides is 1. The summed E-state index contributed by atoms with van der Waals surface area (Å²) in [5.74, 6) is -0.233. The zero-order valence-electron chi connectivity index (χ0n) is 9.58. The van der Waals surface area contributed by atoms with Crippen LogP contribution in [0.4, 0.5) is 5.69 Å². The second-order valence-electron chi connectivity index (χ2n) is 3.70. The van der Waals surface area contributed by atoms with Crippen LogP contribution < -0.4 is 5.32 Å². The molecular weight excluding hydrogens is 360 g/mol. The van der Waals surface area contributed by atoms with Crippen LogP contribution in [-0.4, -0.2) is 10.9 Å². The van der Waals surface area contributed by atoms with Gasteiger partial charge in [-0.1, -0.05) is 22.0 Å². The maximum atomic E-state index is 12.1. The molecule has 1 N–H and O–H groups in total. The first-order valence-corrected chi connectivity index (χ1v) is 6.85. The van der Waals surface area contributed by atoms with Crippen molar-refractivity contribution in [2.75, 3.05) is 5.32 Å². The van der Waals surface area contributed by atoms with Gasteiger partial charge in [0.25, 0.3) is 5.91 Å². The first-order chi connectivity index (χ1) is 8.59. The van der Waals surface area contributed by atoms with Crippen molar-refractivity contribution < 1.29 is 4.79 Å². The third-order valence-corrected chi connectivity index (χ3v) is 3.99. The zero-order chi connectivity index (χ0) is 13.1. The van der Waals surface area contributed by atoms with Gasteiger partial charge in [-0.15, -0.1) is 0 Å². The fourth-order valence-electron chi connectivity index (χ4n) is 1.48. The van der Waals surface area contributed by atoms with E-state index in [-0.39, 0.29) is 5.91 Å². The highest BCUT2D eigenvalue weighted by atomic mass is 79.9. The number of carbonyl (C=O) groups is 1. The van der Waals surface area contributed by atoms with Crippen LogP contribution in [0.3, 0.4) is 0 Å². The van der Waals surface area contributed by atoms with E-state index in [0.29, 0.717) is 10.2 Å². The summed E-state index contributed by atoms with van der Waals surface area (Å²) in [5, 5.41) is 2.85. The van der Waals surface area contributed by atoms with Crippen molar-refractivity contribution in [1.29, 1.82) is 0 Å². The molecule has 0 atom stereocenters. The molecule has 0 saturated heterocycles. The number of benzene rings is 1. The summed E-state index contributed by atoms with van der Waals surface area (Å²) in [4.78, 5) is 16.1. The topological polar surface area (TPSA) is 42.0 Å². The number of rotatable bonds is 2. The Kier molecular flexibility index (Phi) is 4.14. The average Bonchev–Trinajstić information content (AvgIpc) is 2.35. The lowest BCUT2D eigenvalue weighted by atomic mass is 10.2. The minimum absolute atomic E-state index is 0.233. The summed E-state index contributed by atoms with van der Waals surface area (Å²) >= 11 is 6.74. The van der Waals surface area contributed by atoms with Crippen LogP contribution in [0.1, 0.15) is 16.1 Å². The molecule has 1 aromatic carbocycles. The lowest BCUT2D eigenvalue weighted by Crippen LogP contribution is -2.15. The molecule has 0 bridgehead atoms. The van der Waals surface area contributed by atoms with Crippen LogP contribution in [0.2, 0.25) is 0 Å². The van der Waals surface area contributed by atoms with Gasteiger partial charge in [0.15, 0.2) is 0 Å². The van der Waals surface area contributed by atoms with Gasteiger partial charge in [-0.2, -0.15) is 0 Å². The van der Waals surface area contributed by atoms with Gasteiger partial charge in [-0.25, -0.2) is 4.98 Å². The normalized spacial score (nSPS) is 10.2. The van der Waals surface area contributed by atoms with E-state index in [1.807, 2.05) is 25.1 Å². The van der Waals surface area contributed by atoms with Crippen molar-refractivity contribution in [3.8, 4) is 0 Å². The van der Waals surface area contributed by atoms with Gasteiger partial charge >= 0.3 is 0 Å². The first kappa shape index (κ1) is 13.2. The number of carbonyl (C=O) groups excluding carboxylic acids is 1. The highest BCUT2D eigenvalue weighted by molar-refractivity contribution is 9.10. The van der Waals surface area contributed by atoms with Crippen LogP contribution >= 0.6 is 31.9 Å². The average molecular weight is 370 g/mol. The molecule has 1 heterocycles. The molecule has 92 valence electrons. The summed E-state index contributed by atoms with van der Waals surface area (Å²) in [5.41, 5.74) is 2.13. The van der Waals surface area contributed by atoms with Gasteiger partial charge in [0.05, 0.1) is 0 Å². The van der Waals surface area contributed by atoms with E-state index in [1.165, 1.54) is 0 Å². The van der Waals surface area contributed by atoms with Crippen LogP contribution in [0.15, 0.2) is 45.5 Å². The molecule has 0 aliphatic heterocycles. The van der Waals surface area contributed by atoms with Crippen molar-refractivity contribution in [3.05, 3.63) is 56.7 Å². The van der Waals surface area contributed by atoms with E-state index in [9.17, 15) is 4.79 Å². The van der Waals surface area contributed by atoms with Gasteiger partial charge in [-0.05, 0) is 52.7 Å². The number of pyridine rings is 1. The minimum Gasteiger partial charge on any atom is -0.320 e. The molecule has 0 radical (unpaired) electrons. The number of nitrogens with one attached hydrogen (secondary N) is 1. The Hall–Kier alpha value is -1.20. The lowest BCUT2D eigenvalue weighted by molar-refractivity contribution is 0.102. The Morgan fingerprint density at radius 3 is 2.61 bits per heavy atom. The Labute approximate surface area is 122 Å². The maximum Gasteiger partial charge on any atom is 0.275 e. The minimum atomic E-state index is -0.233. The molecule has 1 aromatic heterocycles. The van der Waals surface area contributed by atoms with Crippen molar-refractivity contribution in [1.82, 2.24) is 4.98 Å². The number of halogens is 2. The van der Waals surface area contributed by atoms with Crippen molar-refractivity contribution in [2.45, 2.75) is 6.92 Å². The van der Waals surface area contributed by atoms with Gasteiger partial charge in [0.2, 0.25) is 0 Å². The van der Waals surface area contributed by atoms with E-state index >= 15 is 0 Å². The molecule has 2 rings (SSSR count). The van der Waals surface area contributed by atoms with Gasteiger partial charge in [0.1, 0.15) is 5.69 Å². The van der Waals surface area contributed by atoms with Crippen LogP contribution in [-0.2, 0) is 0 Å². The molecule has 0 saturated carbocycles. The fourth-order valence-corrected chi connectivity index (χ4v) is 2.28. The summed E-state index contributed by atoms with van der Waals surface area (Å²) in [6, 6.07) is 9.22. The molecule has 0 unspecified atom stereocenters. The van der Waals surface area contributed by atoms with Crippen LogP contribution in [0, 0.1) is 6.92 Å². The largest absolute Gasteiger partial charge is 0.320 e. The second kappa shape index (κ2) is 5.63. The molecule has 0 fully saturated rings. The fraction of sp³-hybridized carbons (Fsp3) is 0.0769. The number of hydrogen-bond acceptors (Lipinski definition) is 2. The quantitative estimate of drug-likeness (QED) is 0.863. The molecule has 0 aliphatic rings. The Morgan fingerprint density at radius 1 is 1.17 bits per heavy atom. The second-order valence-corrected chi connectivity index (χ2v) is 5.41. The standard InChI is InChI=1S/C13H10Br2N2O/c1-8-9(14)4-2-6-11(8)17-13(18)12-10(15)5-3-7-16-12/h2-7H,1H3,(H,17,18). The SMILES string of the molecule is Cc1c(Br)cccc1NC(=O)c1ncccc1Br. The molecule has 0 aliphatic carbocycles. The molecular formula is C13H10Br2N2O. The summed E-state index contributed by atoms with van der Waals surface area (Å²) < 4.78 is 1.63. The molecule has 3 nitrogen and oxygen atoms in total. The summed E-state index contributed by atoms with van der Waals surface area (Å²) in [6.07, 6.45) is 1.59. The number of nitrogens with zero attached hydrogens (tertiary/aromatic N) is 1. The Balaban J connectivity index is 2.27. The highest BCUT2D eigenvalue weighted by Gasteiger charge is 2.12. The smallest absolute Gasteiger partial charge is 0.275 e. The van der Waals surface area contributed by atoms with E-state index in [0.717, 1.165) is 15.7 Å². The molecule has 5 heteroatoms. The van der Waals surface area contributed by atoms with Gasteiger partial charge < -0.3 is 5.32 Å². The first-order valence-electron chi connectivity index (χ1n) is 5.26. The third-order valence-electron chi connectivity index (χ3n) is 2.49. The van der Waals surface area contributed by atoms with Crippen molar-refractivity contribution >= 4 is 43.5 Å². The van der Waals surface area contributed by atoms with E-state index in [4.69, 9.17) is 0 Å². The third kappa shape index (κ3) is 2.79. The van der Waals surface area contributed by atoms with Crippen molar-refractivity contribution in [2.24, 2.45) is 0 Å². The van der Waals surface area contributed by atoms with Crippen molar-refractivity contribution in [3.63, 3.8) is 0 Å². The number of anilines is 1. The monoisotopic (exact) mass is 368 g/mol. The molecule has 0 spiro atoms. The maximum absolute atomic E-state index is 12.1.